The van der Waals surface area contributed by atoms with E-state index in [4.69, 9.17) is 0 Å². The number of amides is 1. The van der Waals surface area contributed by atoms with E-state index in [0.717, 1.165) is 29.1 Å². The van der Waals surface area contributed by atoms with E-state index in [9.17, 15) is 26.7 Å². The molecule has 9 heteroatoms. The standard InChI is InChI=1S/C18H12F5N3O/c1-25-9-15(17(24-25)18(21,22)23)26(10-27)14-4-2-3-13(20)16(14)11-5-7-12(19)8-6-11/h2-10H,1H3. The van der Waals surface area contributed by atoms with Gasteiger partial charge >= 0.3 is 6.18 Å². The van der Waals surface area contributed by atoms with Gasteiger partial charge in [0.1, 0.15) is 11.6 Å². The third kappa shape index (κ3) is 3.53. The van der Waals surface area contributed by atoms with E-state index in [1.165, 1.54) is 31.3 Å². The molecule has 140 valence electrons. The van der Waals surface area contributed by atoms with Crippen LogP contribution in [0.1, 0.15) is 5.69 Å². The van der Waals surface area contributed by atoms with Crippen molar-refractivity contribution in [3.8, 4) is 11.1 Å². The van der Waals surface area contributed by atoms with E-state index in [2.05, 4.69) is 5.10 Å². The number of hydrogen-bond donors (Lipinski definition) is 0. The molecule has 0 aliphatic carbocycles. The molecular weight excluding hydrogens is 369 g/mol. The summed E-state index contributed by atoms with van der Waals surface area (Å²) in [6.07, 6.45) is -3.66. The second kappa shape index (κ2) is 6.82. The van der Waals surface area contributed by atoms with Crippen LogP contribution in [-0.4, -0.2) is 16.2 Å². The lowest BCUT2D eigenvalue weighted by atomic mass is 10.0. The van der Waals surface area contributed by atoms with Crippen LogP contribution < -0.4 is 4.90 Å². The molecule has 0 atom stereocenters. The van der Waals surface area contributed by atoms with Crippen molar-refractivity contribution < 1.29 is 26.7 Å². The first kappa shape index (κ1) is 18.6. The quantitative estimate of drug-likeness (QED) is 0.486. The van der Waals surface area contributed by atoms with Gasteiger partial charge in [-0.25, -0.2) is 8.78 Å². The number of hydrogen-bond acceptors (Lipinski definition) is 2. The molecule has 0 fully saturated rings. The number of anilines is 2. The van der Waals surface area contributed by atoms with Gasteiger partial charge in [-0.05, 0) is 29.8 Å². The van der Waals surface area contributed by atoms with Crippen LogP contribution in [0, 0.1) is 11.6 Å². The van der Waals surface area contributed by atoms with Gasteiger partial charge in [0.25, 0.3) is 0 Å². The normalized spacial score (nSPS) is 11.5. The van der Waals surface area contributed by atoms with E-state index < -0.39 is 29.2 Å². The average Bonchev–Trinajstić information content (AvgIpc) is 2.99. The Hall–Kier alpha value is -3.23. The van der Waals surface area contributed by atoms with Crippen LogP contribution >= 0.6 is 0 Å². The van der Waals surface area contributed by atoms with Gasteiger partial charge in [-0.2, -0.15) is 18.3 Å². The smallest absolute Gasteiger partial charge is 0.279 e. The Balaban J connectivity index is 2.23. The Morgan fingerprint density at radius 3 is 2.30 bits per heavy atom. The van der Waals surface area contributed by atoms with Gasteiger partial charge in [0.15, 0.2) is 5.69 Å². The molecule has 1 amide bonds. The molecule has 2 aromatic carbocycles. The molecule has 27 heavy (non-hydrogen) atoms. The molecule has 1 aromatic heterocycles. The van der Waals surface area contributed by atoms with Crippen molar-refractivity contribution >= 4 is 17.8 Å². The minimum absolute atomic E-state index is 0.130. The highest BCUT2D eigenvalue weighted by molar-refractivity contribution is 5.94. The van der Waals surface area contributed by atoms with Crippen LogP contribution in [-0.2, 0) is 18.0 Å². The zero-order chi connectivity index (χ0) is 19.8. The molecule has 0 aliphatic rings. The maximum absolute atomic E-state index is 14.5. The van der Waals surface area contributed by atoms with Gasteiger partial charge in [0, 0.05) is 18.8 Å². The number of aromatic nitrogens is 2. The summed E-state index contributed by atoms with van der Waals surface area (Å²) in [6, 6.07) is 8.37. The highest BCUT2D eigenvalue weighted by atomic mass is 19.4. The van der Waals surface area contributed by atoms with Crippen molar-refractivity contribution in [3.05, 3.63) is 66.0 Å². The summed E-state index contributed by atoms with van der Waals surface area (Å²) in [7, 11) is 1.27. The molecule has 0 aliphatic heterocycles. The lowest BCUT2D eigenvalue weighted by Gasteiger charge is -2.21. The molecule has 0 N–H and O–H groups in total. The molecule has 4 nitrogen and oxygen atoms in total. The fourth-order valence-electron chi connectivity index (χ4n) is 2.71. The second-order valence-electron chi connectivity index (χ2n) is 5.65. The van der Waals surface area contributed by atoms with Gasteiger partial charge in [-0.15, -0.1) is 0 Å². The second-order valence-corrected chi connectivity index (χ2v) is 5.65. The molecular formula is C18H12F5N3O. The summed E-state index contributed by atoms with van der Waals surface area (Å²) in [4.78, 5) is 12.3. The first-order valence-electron chi connectivity index (χ1n) is 7.62. The molecule has 1 heterocycles. The van der Waals surface area contributed by atoms with Crippen LogP contribution in [0.15, 0.2) is 48.7 Å². The monoisotopic (exact) mass is 381 g/mol. The number of alkyl halides is 3. The number of rotatable bonds is 4. The van der Waals surface area contributed by atoms with E-state index in [-0.39, 0.29) is 23.2 Å². The van der Waals surface area contributed by atoms with Crippen LogP contribution in [0.25, 0.3) is 11.1 Å². The lowest BCUT2D eigenvalue weighted by Crippen LogP contribution is -2.19. The Bertz CT molecular complexity index is 980. The highest BCUT2D eigenvalue weighted by Crippen LogP contribution is 2.41. The summed E-state index contributed by atoms with van der Waals surface area (Å²) in [6.45, 7) is 0. The Morgan fingerprint density at radius 1 is 1.04 bits per heavy atom. The third-order valence-electron chi connectivity index (χ3n) is 3.83. The number of halogens is 5. The van der Waals surface area contributed by atoms with Crippen LogP contribution in [0.5, 0.6) is 0 Å². The van der Waals surface area contributed by atoms with E-state index in [1.54, 1.807) is 0 Å². The largest absolute Gasteiger partial charge is 0.437 e. The van der Waals surface area contributed by atoms with Crippen molar-refractivity contribution in [1.82, 2.24) is 9.78 Å². The zero-order valence-corrected chi connectivity index (χ0v) is 13.8. The molecule has 0 saturated heterocycles. The predicted octanol–water partition coefficient (Wildman–Crippen LogP) is 4.68. The molecule has 3 rings (SSSR count). The zero-order valence-electron chi connectivity index (χ0n) is 13.8. The minimum atomic E-state index is -4.82. The molecule has 0 radical (unpaired) electrons. The SMILES string of the molecule is Cn1cc(N(C=O)c2cccc(F)c2-c2ccc(F)cc2)c(C(F)(F)F)n1. The van der Waals surface area contributed by atoms with Gasteiger partial charge < -0.3 is 0 Å². The summed E-state index contributed by atoms with van der Waals surface area (Å²) in [5.41, 5.74) is -1.90. The summed E-state index contributed by atoms with van der Waals surface area (Å²) < 4.78 is 68.5. The Labute approximate surface area is 150 Å². The van der Waals surface area contributed by atoms with Gasteiger partial charge in [-0.1, -0.05) is 18.2 Å². The van der Waals surface area contributed by atoms with Crippen LogP contribution in [0.2, 0.25) is 0 Å². The fourth-order valence-corrected chi connectivity index (χ4v) is 2.71. The molecule has 3 aromatic rings. The van der Waals surface area contributed by atoms with E-state index >= 15 is 0 Å². The summed E-state index contributed by atoms with van der Waals surface area (Å²) in [5.74, 6) is -1.33. The van der Waals surface area contributed by atoms with Crippen molar-refractivity contribution in [1.29, 1.82) is 0 Å². The Kier molecular flexibility index (Phi) is 4.69. The predicted molar refractivity (Wildman–Crippen MR) is 88.2 cm³/mol. The number of carbonyl (C=O) groups excluding carboxylic acids is 1. The van der Waals surface area contributed by atoms with Gasteiger partial charge in [0.2, 0.25) is 6.41 Å². The van der Waals surface area contributed by atoms with E-state index in [1.807, 2.05) is 0 Å². The van der Waals surface area contributed by atoms with Crippen LogP contribution in [0.3, 0.4) is 0 Å². The number of nitrogens with zero attached hydrogens (tertiary/aromatic N) is 3. The number of carbonyl (C=O) groups is 1. The van der Waals surface area contributed by atoms with Crippen molar-refractivity contribution in [2.45, 2.75) is 6.18 Å². The van der Waals surface area contributed by atoms with Gasteiger partial charge in [0.05, 0.1) is 11.4 Å². The fraction of sp³-hybridized carbons (Fsp3) is 0.111. The molecule has 0 spiro atoms. The van der Waals surface area contributed by atoms with Crippen molar-refractivity contribution in [3.63, 3.8) is 0 Å². The highest BCUT2D eigenvalue weighted by Gasteiger charge is 2.39. The van der Waals surface area contributed by atoms with E-state index in [0.29, 0.717) is 4.90 Å². The lowest BCUT2D eigenvalue weighted by molar-refractivity contribution is -0.140. The summed E-state index contributed by atoms with van der Waals surface area (Å²) in [5, 5.41) is 3.36. The van der Waals surface area contributed by atoms with Crippen molar-refractivity contribution in [2.75, 3.05) is 4.90 Å². The minimum Gasteiger partial charge on any atom is -0.279 e. The topological polar surface area (TPSA) is 38.1 Å². The van der Waals surface area contributed by atoms with Crippen molar-refractivity contribution in [2.24, 2.45) is 7.05 Å². The summed E-state index contributed by atoms with van der Waals surface area (Å²) >= 11 is 0. The third-order valence-corrected chi connectivity index (χ3v) is 3.83. The maximum atomic E-state index is 14.5. The number of benzene rings is 2. The average molecular weight is 381 g/mol. The maximum Gasteiger partial charge on any atom is 0.437 e. The van der Waals surface area contributed by atoms with Crippen LogP contribution in [0.4, 0.5) is 33.3 Å². The van der Waals surface area contributed by atoms with Gasteiger partial charge in [-0.3, -0.25) is 14.4 Å². The molecule has 0 bridgehead atoms. The molecule has 0 saturated carbocycles. The number of aryl methyl sites for hydroxylation is 1. The Morgan fingerprint density at radius 2 is 1.70 bits per heavy atom. The molecule has 0 unspecified atom stereocenters. The first-order chi connectivity index (χ1) is 12.7. The first-order valence-corrected chi connectivity index (χ1v) is 7.62.